The molecule has 3 aromatic heterocycles. The summed E-state index contributed by atoms with van der Waals surface area (Å²) >= 11 is 2.97. The largest absolute Gasteiger partial charge is 0.495 e. The van der Waals surface area contributed by atoms with Gasteiger partial charge in [0.2, 0.25) is 0 Å². The normalized spacial score (nSPS) is 11.0. The maximum absolute atomic E-state index is 13.1. The standard InChI is InChI=1S/C24H24N4O2S2/c1-5-12-27-16(2)14-18(17(27)3)20(29)15-32-24-26-25-23(22-11-8-13-31-22)28(24)19-9-6-7-10-21(19)30-4/h5-11,13-14H,1,12,15H2,2-4H3. The number of aromatic nitrogens is 4. The second kappa shape index (κ2) is 9.58. The van der Waals surface area contributed by atoms with Gasteiger partial charge in [0.05, 0.1) is 23.4 Å². The van der Waals surface area contributed by atoms with Crippen LogP contribution in [-0.4, -0.2) is 38.0 Å². The summed E-state index contributed by atoms with van der Waals surface area (Å²) in [6, 6.07) is 13.7. The van der Waals surface area contributed by atoms with Gasteiger partial charge in [0.15, 0.2) is 16.8 Å². The molecular formula is C24H24N4O2S2. The zero-order valence-electron chi connectivity index (χ0n) is 18.2. The lowest BCUT2D eigenvalue weighted by Gasteiger charge is -2.13. The summed E-state index contributed by atoms with van der Waals surface area (Å²) in [5.74, 6) is 1.76. The van der Waals surface area contributed by atoms with Crippen LogP contribution < -0.4 is 4.74 Å². The molecule has 8 heteroatoms. The number of aryl methyl sites for hydroxylation is 1. The van der Waals surface area contributed by atoms with Gasteiger partial charge in [0.25, 0.3) is 0 Å². The molecule has 0 amide bonds. The number of nitrogens with zero attached hydrogens (tertiary/aromatic N) is 4. The lowest BCUT2D eigenvalue weighted by molar-refractivity contribution is 0.102. The van der Waals surface area contributed by atoms with E-state index in [0.29, 0.717) is 17.5 Å². The quantitative estimate of drug-likeness (QED) is 0.184. The molecule has 0 aliphatic rings. The average Bonchev–Trinajstić information content (AvgIpc) is 3.53. The van der Waals surface area contributed by atoms with Crippen molar-refractivity contribution in [3.8, 4) is 22.1 Å². The molecule has 6 nitrogen and oxygen atoms in total. The Balaban J connectivity index is 1.67. The number of rotatable bonds is 9. The summed E-state index contributed by atoms with van der Waals surface area (Å²) in [4.78, 5) is 14.1. The molecule has 0 radical (unpaired) electrons. The Morgan fingerprint density at radius 1 is 1.22 bits per heavy atom. The van der Waals surface area contributed by atoms with Gasteiger partial charge in [0, 0.05) is 23.5 Å². The van der Waals surface area contributed by atoms with Gasteiger partial charge in [-0.15, -0.1) is 28.1 Å². The third kappa shape index (κ3) is 4.16. The number of benzene rings is 1. The van der Waals surface area contributed by atoms with Crippen LogP contribution in [0.4, 0.5) is 0 Å². The monoisotopic (exact) mass is 464 g/mol. The van der Waals surface area contributed by atoms with Gasteiger partial charge in [-0.05, 0) is 43.5 Å². The van der Waals surface area contributed by atoms with E-state index in [1.54, 1.807) is 18.4 Å². The predicted octanol–water partition coefficient (Wildman–Crippen LogP) is 5.58. The van der Waals surface area contributed by atoms with Crippen LogP contribution in [-0.2, 0) is 6.54 Å². The van der Waals surface area contributed by atoms with E-state index in [1.807, 2.05) is 72.3 Å². The summed E-state index contributed by atoms with van der Waals surface area (Å²) < 4.78 is 9.64. The molecule has 0 aliphatic heterocycles. The molecule has 0 spiro atoms. The molecule has 0 N–H and O–H groups in total. The Bertz CT molecular complexity index is 1260. The first-order valence-corrected chi connectivity index (χ1v) is 12.0. The van der Waals surface area contributed by atoms with Crippen LogP contribution >= 0.6 is 23.1 Å². The molecule has 4 rings (SSSR count). The highest BCUT2D eigenvalue weighted by atomic mass is 32.2. The van der Waals surface area contributed by atoms with Crippen molar-refractivity contribution in [1.29, 1.82) is 0 Å². The number of thiophene rings is 1. The van der Waals surface area contributed by atoms with E-state index in [4.69, 9.17) is 4.74 Å². The molecule has 0 bridgehead atoms. The topological polar surface area (TPSA) is 61.9 Å². The number of ether oxygens (including phenoxy) is 1. The fourth-order valence-corrected chi connectivity index (χ4v) is 5.19. The van der Waals surface area contributed by atoms with E-state index in [2.05, 4.69) is 21.3 Å². The number of carbonyl (C=O) groups is 1. The minimum atomic E-state index is 0.0608. The summed E-state index contributed by atoms with van der Waals surface area (Å²) in [7, 11) is 1.64. The van der Waals surface area contributed by atoms with Crippen molar-refractivity contribution in [2.75, 3.05) is 12.9 Å². The van der Waals surface area contributed by atoms with E-state index in [0.717, 1.165) is 33.3 Å². The smallest absolute Gasteiger partial charge is 0.196 e. The molecule has 0 unspecified atom stereocenters. The van der Waals surface area contributed by atoms with Crippen LogP contribution in [0.2, 0.25) is 0 Å². The molecule has 0 saturated heterocycles. The second-order valence-corrected chi connectivity index (χ2v) is 9.08. The highest BCUT2D eigenvalue weighted by Crippen LogP contribution is 2.34. The fourth-order valence-electron chi connectivity index (χ4n) is 3.66. The van der Waals surface area contributed by atoms with Crippen molar-refractivity contribution >= 4 is 28.9 Å². The van der Waals surface area contributed by atoms with Crippen LogP contribution in [0.3, 0.4) is 0 Å². The van der Waals surface area contributed by atoms with Gasteiger partial charge < -0.3 is 9.30 Å². The lowest BCUT2D eigenvalue weighted by atomic mass is 10.2. The Morgan fingerprint density at radius 2 is 2.03 bits per heavy atom. The number of thioether (sulfide) groups is 1. The minimum Gasteiger partial charge on any atom is -0.495 e. The van der Waals surface area contributed by atoms with Crippen LogP contribution in [0.1, 0.15) is 21.7 Å². The highest BCUT2D eigenvalue weighted by Gasteiger charge is 2.22. The van der Waals surface area contributed by atoms with Crippen molar-refractivity contribution < 1.29 is 9.53 Å². The van der Waals surface area contributed by atoms with Crippen molar-refractivity contribution in [2.45, 2.75) is 25.5 Å². The van der Waals surface area contributed by atoms with Gasteiger partial charge >= 0.3 is 0 Å². The summed E-state index contributed by atoms with van der Waals surface area (Å²) in [6.07, 6.45) is 1.84. The molecular weight excluding hydrogens is 440 g/mol. The molecule has 1 aromatic carbocycles. The van der Waals surface area contributed by atoms with E-state index in [-0.39, 0.29) is 11.5 Å². The SMILES string of the molecule is C=CCn1c(C)cc(C(=O)CSc2nnc(-c3cccs3)n2-c2ccccc2OC)c1C. The summed E-state index contributed by atoms with van der Waals surface area (Å²) in [5, 5.41) is 11.5. The molecule has 0 saturated carbocycles. The van der Waals surface area contributed by atoms with E-state index < -0.39 is 0 Å². The number of hydrogen-bond acceptors (Lipinski definition) is 6. The third-order valence-corrected chi connectivity index (χ3v) is 7.01. The number of carbonyl (C=O) groups excluding carboxylic acids is 1. The van der Waals surface area contributed by atoms with Crippen molar-refractivity contribution in [3.63, 3.8) is 0 Å². The Labute approximate surface area is 195 Å². The molecule has 164 valence electrons. The zero-order valence-corrected chi connectivity index (χ0v) is 19.9. The van der Waals surface area contributed by atoms with Gasteiger partial charge in [-0.2, -0.15) is 0 Å². The van der Waals surface area contributed by atoms with Gasteiger partial charge in [-0.25, -0.2) is 0 Å². The summed E-state index contributed by atoms with van der Waals surface area (Å²) in [6.45, 7) is 8.47. The number of allylic oxidation sites excluding steroid dienone is 1. The first kappa shape index (κ1) is 22.1. The Hall–Kier alpha value is -3.10. The average molecular weight is 465 g/mol. The first-order chi connectivity index (χ1) is 15.5. The molecule has 4 aromatic rings. The van der Waals surface area contributed by atoms with Crippen LogP contribution in [0.15, 0.2) is 65.7 Å². The number of methoxy groups -OCH3 is 1. The maximum Gasteiger partial charge on any atom is 0.196 e. The molecule has 32 heavy (non-hydrogen) atoms. The van der Waals surface area contributed by atoms with Crippen LogP contribution in [0, 0.1) is 13.8 Å². The number of para-hydroxylation sites is 2. The van der Waals surface area contributed by atoms with Crippen molar-refractivity contribution in [2.24, 2.45) is 0 Å². The first-order valence-electron chi connectivity index (χ1n) is 10.1. The molecule has 3 heterocycles. The Morgan fingerprint density at radius 3 is 2.75 bits per heavy atom. The maximum atomic E-state index is 13.1. The number of ketones is 1. The van der Waals surface area contributed by atoms with Gasteiger partial charge in [0.1, 0.15) is 5.75 Å². The summed E-state index contributed by atoms with van der Waals surface area (Å²) in [5.41, 5.74) is 3.58. The molecule has 0 aliphatic carbocycles. The minimum absolute atomic E-state index is 0.0608. The van der Waals surface area contributed by atoms with E-state index in [1.165, 1.54) is 11.8 Å². The Kier molecular flexibility index (Phi) is 6.62. The highest BCUT2D eigenvalue weighted by molar-refractivity contribution is 7.99. The van der Waals surface area contributed by atoms with E-state index >= 15 is 0 Å². The van der Waals surface area contributed by atoms with Crippen LogP contribution in [0.25, 0.3) is 16.4 Å². The lowest BCUT2D eigenvalue weighted by Crippen LogP contribution is -2.07. The fraction of sp³-hybridized carbons (Fsp3) is 0.208. The number of hydrogen-bond donors (Lipinski definition) is 0. The van der Waals surface area contributed by atoms with Crippen molar-refractivity contribution in [1.82, 2.24) is 19.3 Å². The number of Topliss-reactive ketones (excluding diaryl/α,β-unsaturated/α-hetero) is 1. The molecule has 0 atom stereocenters. The zero-order chi connectivity index (χ0) is 22.7. The van der Waals surface area contributed by atoms with E-state index in [9.17, 15) is 4.79 Å². The second-order valence-electron chi connectivity index (χ2n) is 7.19. The van der Waals surface area contributed by atoms with Crippen molar-refractivity contribution in [3.05, 3.63) is 77.5 Å². The molecule has 0 fully saturated rings. The van der Waals surface area contributed by atoms with Crippen LogP contribution in [0.5, 0.6) is 5.75 Å². The van der Waals surface area contributed by atoms with Gasteiger partial charge in [-0.3, -0.25) is 9.36 Å². The third-order valence-electron chi connectivity index (χ3n) is 5.22. The van der Waals surface area contributed by atoms with Gasteiger partial charge in [-0.1, -0.05) is 36.0 Å². The predicted molar refractivity (Wildman–Crippen MR) is 130 cm³/mol.